The molecule has 1 fully saturated rings. The van der Waals surface area contributed by atoms with Crippen molar-refractivity contribution in [2.24, 2.45) is 0 Å². The summed E-state index contributed by atoms with van der Waals surface area (Å²) in [4.78, 5) is 6.80. The van der Waals surface area contributed by atoms with E-state index in [9.17, 15) is 0 Å². The molecular formula is C16H18IN3. The molecule has 3 nitrogen and oxygen atoms in total. The molecule has 1 aliphatic rings. The average Bonchev–Trinajstić information content (AvgIpc) is 2.51. The zero-order valence-corrected chi connectivity index (χ0v) is 13.5. The molecule has 0 spiro atoms. The largest absolute Gasteiger partial charge is 0.381 e. The van der Waals surface area contributed by atoms with Gasteiger partial charge in [-0.1, -0.05) is 18.2 Å². The van der Waals surface area contributed by atoms with Crippen molar-refractivity contribution in [1.29, 1.82) is 0 Å². The Balaban J connectivity index is 1.58. The van der Waals surface area contributed by atoms with Gasteiger partial charge in [-0.15, -0.1) is 0 Å². The summed E-state index contributed by atoms with van der Waals surface area (Å²) in [7, 11) is 0. The molecule has 104 valence electrons. The molecule has 1 aromatic heterocycles. The van der Waals surface area contributed by atoms with Gasteiger partial charge in [0.25, 0.3) is 0 Å². The van der Waals surface area contributed by atoms with Gasteiger partial charge in [0.05, 0.1) is 0 Å². The zero-order valence-electron chi connectivity index (χ0n) is 11.3. The van der Waals surface area contributed by atoms with Crippen molar-refractivity contribution in [3.05, 3.63) is 52.2 Å². The lowest BCUT2D eigenvalue weighted by Crippen LogP contribution is -2.39. The van der Waals surface area contributed by atoms with Crippen molar-refractivity contribution in [3.63, 3.8) is 0 Å². The summed E-state index contributed by atoms with van der Waals surface area (Å²) < 4.78 is 1.29. The fraction of sp³-hybridized carbons (Fsp3) is 0.312. The van der Waals surface area contributed by atoms with Crippen molar-refractivity contribution in [3.8, 4) is 0 Å². The monoisotopic (exact) mass is 379 g/mol. The van der Waals surface area contributed by atoms with Gasteiger partial charge in [0.15, 0.2) is 0 Å². The molecule has 1 aliphatic heterocycles. The summed E-state index contributed by atoms with van der Waals surface area (Å²) in [6, 6.07) is 15.1. The smallest absolute Gasteiger partial charge is 0.128 e. The van der Waals surface area contributed by atoms with E-state index in [1.807, 2.05) is 12.3 Å². The molecule has 0 aliphatic carbocycles. The summed E-state index contributed by atoms with van der Waals surface area (Å²) in [6.45, 7) is 2.14. The number of pyridine rings is 1. The summed E-state index contributed by atoms with van der Waals surface area (Å²) in [5.74, 6) is 1.10. The van der Waals surface area contributed by atoms with Crippen LogP contribution < -0.4 is 10.2 Å². The van der Waals surface area contributed by atoms with E-state index in [2.05, 4.69) is 74.2 Å². The maximum absolute atomic E-state index is 4.43. The summed E-state index contributed by atoms with van der Waals surface area (Å²) in [5, 5.41) is 3.67. The second-order valence-corrected chi connectivity index (χ2v) is 6.24. The van der Waals surface area contributed by atoms with E-state index in [-0.39, 0.29) is 0 Å². The molecule has 3 rings (SSSR count). The van der Waals surface area contributed by atoms with Gasteiger partial charge < -0.3 is 10.2 Å². The summed E-state index contributed by atoms with van der Waals surface area (Å²) >= 11 is 2.39. The molecule has 0 atom stereocenters. The third kappa shape index (κ3) is 3.23. The van der Waals surface area contributed by atoms with Gasteiger partial charge in [0.1, 0.15) is 5.82 Å². The number of hydrogen-bond acceptors (Lipinski definition) is 3. The Bertz CT molecular complexity index is 551. The van der Waals surface area contributed by atoms with E-state index >= 15 is 0 Å². The number of benzene rings is 1. The Hall–Kier alpha value is -1.30. The maximum atomic E-state index is 4.43. The van der Waals surface area contributed by atoms with Crippen LogP contribution in [0.25, 0.3) is 0 Å². The highest BCUT2D eigenvalue weighted by Gasteiger charge is 2.20. The van der Waals surface area contributed by atoms with Gasteiger partial charge in [-0.3, -0.25) is 0 Å². The molecule has 20 heavy (non-hydrogen) atoms. The van der Waals surface area contributed by atoms with Gasteiger partial charge in [-0.2, -0.15) is 0 Å². The summed E-state index contributed by atoms with van der Waals surface area (Å²) in [5.41, 5.74) is 1.25. The van der Waals surface area contributed by atoms with Crippen LogP contribution in [0, 0.1) is 3.57 Å². The lowest BCUT2D eigenvalue weighted by atomic mass is 10.0. The van der Waals surface area contributed by atoms with Crippen molar-refractivity contribution < 1.29 is 0 Å². The van der Waals surface area contributed by atoms with Crippen LogP contribution in [0.4, 0.5) is 11.5 Å². The third-order valence-electron chi connectivity index (χ3n) is 3.70. The van der Waals surface area contributed by atoms with E-state index in [0.29, 0.717) is 6.04 Å². The fourth-order valence-corrected chi connectivity index (χ4v) is 3.14. The first kappa shape index (κ1) is 13.7. The minimum absolute atomic E-state index is 0.561. The van der Waals surface area contributed by atoms with Crippen molar-refractivity contribution in [2.75, 3.05) is 23.3 Å². The van der Waals surface area contributed by atoms with Crippen LogP contribution in [0.2, 0.25) is 0 Å². The first-order valence-corrected chi connectivity index (χ1v) is 8.08. The Morgan fingerprint density at radius 2 is 1.80 bits per heavy atom. The number of nitrogens with one attached hydrogen (secondary N) is 1. The second-order valence-electron chi connectivity index (χ2n) is 5.07. The van der Waals surface area contributed by atoms with E-state index in [4.69, 9.17) is 0 Å². The number of piperidine rings is 1. The van der Waals surface area contributed by atoms with E-state index in [1.54, 1.807) is 0 Å². The number of hydrogen-bond donors (Lipinski definition) is 1. The Morgan fingerprint density at radius 3 is 2.50 bits per heavy atom. The average molecular weight is 379 g/mol. The topological polar surface area (TPSA) is 28.2 Å². The third-order valence-corrected chi connectivity index (χ3v) is 4.64. The molecule has 0 unspecified atom stereocenters. The molecule has 0 saturated carbocycles. The molecule has 1 aromatic carbocycles. The second kappa shape index (κ2) is 6.43. The minimum Gasteiger partial charge on any atom is -0.381 e. The standard InChI is InChI=1S/C16H18IN3/c17-14-5-1-2-6-15(14)19-13-8-11-20(12-9-13)16-7-3-4-10-18-16/h1-7,10,13,19H,8-9,11-12H2. The Labute approximate surface area is 133 Å². The fourth-order valence-electron chi connectivity index (χ4n) is 2.59. The van der Waals surface area contributed by atoms with Crippen molar-refractivity contribution >= 4 is 34.1 Å². The lowest BCUT2D eigenvalue weighted by Gasteiger charge is -2.33. The highest BCUT2D eigenvalue weighted by atomic mass is 127. The predicted molar refractivity (Wildman–Crippen MR) is 92.3 cm³/mol. The summed E-state index contributed by atoms with van der Waals surface area (Å²) in [6.07, 6.45) is 4.18. The number of anilines is 2. The molecule has 0 amide bonds. The molecule has 2 heterocycles. The molecule has 1 saturated heterocycles. The maximum Gasteiger partial charge on any atom is 0.128 e. The van der Waals surface area contributed by atoms with Crippen LogP contribution in [-0.2, 0) is 0 Å². The normalized spacial score (nSPS) is 16.1. The van der Waals surface area contributed by atoms with Crippen molar-refractivity contribution in [2.45, 2.75) is 18.9 Å². The van der Waals surface area contributed by atoms with Gasteiger partial charge in [0.2, 0.25) is 0 Å². The predicted octanol–water partition coefficient (Wildman–Crippen LogP) is 3.77. The van der Waals surface area contributed by atoms with Crippen LogP contribution in [0.5, 0.6) is 0 Å². The molecule has 0 radical (unpaired) electrons. The quantitative estimate of drug-likeness (QED) is 0.824. The van der Waals surface area contributed by atoms with Gasteiger partial charge in [0, 0.05) is 34.6 Å². The number of para-hydroxylation sites is 1. The molecule has 2 aromatic rings. The van der Waals surface area contributed by atoms with Crippen molar-refractivity contribution in [1.82, 2.24) is 4.98 Å². The molecule has 1 N–H and O–H groups in total. The highest BCUT2D eigenvalue weighted by molar-refractivity contribution is 14.1. The SMILES string of the molecule is Ic1ccccc1NC1CCN(c2ccccn2)CC1. The number of rotatable bonds is 3. The number of aromatic nitrogens is 1. The zero-order chi connectivity index (χ0) is 13.8. The van der Waals surface area contributed by atoms with E-state index in [0.717, 1.165) is 31.7 Å². The van der Waals surface area contributed by atoms with Gasteiger partial charge >= 0.3 is 0 Å². The molecule has 4 heteroatoms. The Morgan fingerprint density at radius 1 is 1.05 bits per heavy atom. The van der Waals surface area contributed by atoms with Crippen LogP contribution >= 0.6 is 22.6 Å². The van der Waals surface area contributed by atoms with Crippen LogP contribution in [0.1, 0.15) is 12.8 Å². The van der Waals surface area contributed by atoms with E-state index < -0.39 is 0 Å². The van der Waals surface area contributed by atoms with Crippen LogP contribution in [0.15, 0.2) is 48.7 Å². The van der Waals surface area contributed by atoms with Gasteiger partial charge in [-0.25, -0.2) is 4.98 Å². The highest BCUT2D eigenvalue weighted by Crippen LogP contribution is 2.23. The number of halogens is 1. The minimum atomic E-state index is 0.561. The van der Waals surface area contributed by atoms with Gasteiger partial charge in [-0.05, 0) is 59.7 Å². The van der Waals surface area contributed by atoms with Crippen LogP contribution in [-0.4, -0.2) is 24.1 Å². The first-order valence-electron chi connectivity index (χ1n) is 7.00. The van der Waals surface area contributed by atoms with E-state index in [1.165, 1.54) is 9.26 Å². The number of nitrogens with zero attached hydrogens (tertiary/aromatic N) is 2. The lowest BCUT2D eigenvalue weighted by molar-refractivity contribution is 0.523. The molecular weight excluding hydrogens is 361 g/mol. The molecule has 0 bridgehead atoms. The van der Waals surface area contributed by atoms with Crippen LogP contribution in [0.3, 0.4) is 0 Å². The first-order chi connectivity index (χ1) is 9.83. The Kier molecular flexibility index (Phi) is 4.40.